The second-order valence-electron chi connectivity index (χ2n) is 5.51. The molecule has 2 N–H and O–H groups in total. The molecule has 2 heterocycles. The first kappa shape index (κ1) is 17.1. The molecular formula is C18H20N4O3. The van der Waals surface area contributed by atoms with E-state index >= 15 is 0 Å². The Morgan fingerprint density at radius 2 is 2.04 bits per heavy atom. The summed E-state index contributed by atoms with van der Waals surface area (Å²) < 4.78 is 11.0. The van der Waals surface area contributed by atoms with E-state index in [2.05, 4.69) is 20.5 Å². The molecule has 0 aliphatic heterocycles. The molecule has 7 heteroatoms. The Kier molecular flexibility index (Phi) is 5.71. The van der Waals surface area contributed by atoms with Gasteiger partial charge >= 0.3 is 0 Å². The Balaban J connectivity index is 1.39. The molecule has 0 amide bonds. The third-order valence-corrected chi connectivity index (χ3v) is 3.58. The zero-order chi connectivity index (χ0) is 17.5. The average Bonchev–Trinajstić information content (AvgIpc) is 3.09. The predicted octanol–water partition coefficient (Wildman–Crippen LogP) is 2.14. The molecule has 0 radical (unpaired) electrons. The molecule has 0 saturated heterocycles. The normalized spacial score (nSPS) is 12.1. The maximum Gasteiger partial charge on any atom is 0.247 e. The van der Waals surface area contributed by atoms with E-state index in [0.29, 0.717) is 31.5 Å². The van der Waals surface area contributed by atoms with Gasteiger partial charge in [-0.05, 0) is 30.3 Å². The van der Waals surface area contributed by atoms with Crippen LogP contribution in [0.4, 0.5) is 0 Å². The average molecular weight is 340 g/mol. The summed E-state index contributed by atoms with van der Waals surface area (Å²) in [6, 6.07) is 11.1. The zero-order valence-corrected chi connectivity index (χ0v) is 13.9. The molecule has 3 rings (SSSR count). The van der Waals surface area contributed by atoms with Gasteiger partial charge in [-0.3, -0.25) is 4.98 Å². The van der Waals surface area contributed by atoms with Crippen molar-refractivity contribution < 1.29 is 14.3 Å². The van der Waals surface area contributed by atoms with Crippen molar-refractivity contribution in [3.63, 3.8) is 0 Å². The number of pyridine rings is 1. The molecule has 1 atom stereocenters. The van der Waals surface area contributed by atoms with Gasteiger partial charge in [0.25, 0.3) is 0 Å². The SMILES string of the molecule is Cc1nnc(-c2ccc(OCCNC[C@H](O)c3cccnc3)cc2)o1. The van der Waals surface area contributed by atoms with Crippen LogP contribution in [0.15, 0.2) is 53.2 Å². The molecule has 0 aliphatic rings. The maximum atomic E-state index is 10.0. The van der Waals surface area contributed by atoms with Gasteiger partial charge in [-0.25, -0.2) is 0 Å². The van der Waals surface area contributed by atoms with Crippen LogP contribution in [-0.2, 0) is 0 Å². The molecule has 0 bridgehead atoms. The molecule has 0 unspecified atom stereocenters. The van der Waals surface area contributed by atoms with Crippen molar-refractivity contribution in [2.45, 2.75) is 13.0 Å². The third kappa shape index (κ3) is 4.85. The lowest BCUT2D eigenvalue weighted by molar-refractivity contribution is 0.171. The van der Waals surface area contributed by atoms with E-state index in [1.54, 1.807) is 25.4 Å². The molecular weight excluding hydrogens is 320 g/mol. The number of aromatic nitrogens is 3. The highest BCUT2D eigenvalue weighted by Crippen LogP contribution is 2.21. The molecule has 25 heavy (non-hydrogen) atoms. The maximum absolute atomic E-state index is 10.0. The minimum absolute atomic E-state index is 0.449. The number of hydrogen-bond donors (Lipinski definition) is 2. The fourth-order valence-electron chi connectivity index (χ4n) is 2.28. The summed E-state index contributed by atoms with van der Waals surface area (Å²) in [7, 11) is 0. The molecule has 1 aromatic carbocycles. The van der Waals surface area contributed by atoms with Gasteiger partial charge in [-0.1, -0.05) is 6.07 Å². The number of aryl methyl sites for hydroxylation is 1. The lowest BCUT2D eigenvalue weighted by Crippen LogP contribution is -2.26. The van der Waals surface area contributed by atoms with Crippen LogP contribution in [0.25, 0.3) is 11.5 Å². The number of benzene rings is 1. The second-order valence-corrected chi connectivity index (χ2v) is 5.51. The van der Waals surface area contributed by atoms with Gasteiger partial charge in [0.05, 0.1) is 6.10 Å². The number of ether oxygens (including phenoxy) is 1. The smallest absolute Gasteiger partial charge is 0.247 e. The van der Waals surface area contributed by atoms with Crippen molar-refractivity contribution in [1.29, 1.82) is 0 Å². The van der Waals surface area contributed by atoms with E-state index in [4.69, 9.17) is 9.15 Å². The summed E-state index contributed by atoms with van der Waals surface area (Å²) in [6.45, 7) is 3.33. The molecule has 7 nitrogen and oxygen atoms in total. The second kappa shape index (κ2) is 8.36. The van der Waals surface area contributed by atoms with Gasteiger partial charge in [0.1, 0.15) is 12.4 Å². The minimum atomic E-state index is -0.578. The van der Waals surface area contributed by atoms with E-state index < -0.39 is 6.10 Å². The highest BCUT2D eigenvalue weighted by atomic mass is 16.5. The monoisotopic (exact) mass is 340 g/mol. The summed E-state index contributed by atoms with van der Waals surface area (Å²) >= 11 is 0. The van der Waals surface area contributed by atoms with Crippen molar-refractivity contribution in [3.8, 4) is 17.2 Å². The minimum Gasteiger partial charge on any atom is -0.492 e. The Morgan fingerprint density at radius 3 is 2.72 bits per heavy atom. The van der Waals surface area contributed by atoms with Crippen molar-refractivity contribution in [1.82, 2.24) is 20.5 Å². The lowest BCUT2D eigenvalue weighted by atomic mass is 10.1. The summed E-state index contributed by atoms with van der Waals surface area (Å²) in [6.07, 6.45) is 2.77. The third-order valence-electron chi connectivity index (χ3n) is 3.58. The van der Waals surface area contributed by atoms with E-state index in [0.717, 1.165) is 16.9 Å². The molecule has 130 valence electrons. The molecule has 3 aromatic rings. The number of nitrogens with zero attached hydrogens (tertiary/aromatic N) is 3. The highest BCUT2D eigenvalue weighted by Gasteiger charge is 2.07. The molecule has 0 spiro atoms. The fraction of sp³-hybridized carbons (Fsp3) is 0.278. The molecule has 0 aliphatic carbocycles. The largest absolute Gasteiger partial charge is 0.492 e. The van der Waals surface area contributed by atoms with Crippen molar-refractivity contribution in [2.24, 2.45) is 0 Å². The van der Waals surface area contributed by atoms with Crippen LogP contribution < -0.4 is 10.1 Å². The summed E-state index contributed by atoms with van der Waals surface area (Å²) in [5.41, 5.74) is 1.65. The first-order valence-corrected chi connectivity index (χ1v) is 8.04. The van der Waals surface area contributed by atoms with Crippen LogP contribution in [-0.4, -0.2) is 40.0 Å². The summed E-state index contributed by atoms with van der Waals surface area (Å²) in [5.74, 6) is 1.79. The van der Waals surface area contributed by atoms with Gasteiger partial charge in [-0.2, -0.15) is 0 Å². The molecule has 0 fully saturated rings. The summed E-state index contributed by atoms with van der Waals surface area (Å²) in [5, 5.41) is 21.0. The fourth-order valence-corrected chi connectivity index (χ4v) is 2.28. The van der Waals surface area contributed by atoms with Crippen LogP contribution in [0.2, 0.25) is 0 Å². The van der Waals surface area contributed by atoms with Crippen molar-refractivity contribution in [3.05, 3.63) is 60.2 Å². The predicted molar refractivity (Wildman–Crippen MR) is 92.0 cm³/mol. The lowest BCUT2D eigenvalue weighted by Gasteiger charge is -2.12. The van der Waals surface area contributed by atoms with Gasteiger partial charge in [0.15, 0.2) is 0 Å². The number of hydrogen-bond acceptors (Lipinski definition) is 7. The van der Waals surface area contributed by atoms with Gasteiger partial charge in [0, 0.05) is 43.5 Å². The van der Waals surface area contributed by atoms with Crippen LogP contribution in [0.3, 0.4) is 0 Å². The Labute approximate surface area is 145 Å². The van der Waals surface area contributed by atoms with Crippen LogP contribution >= 0.6 is 0 Å². The Hall–Kier alpha value is -2.77. The van der Waals surface area contributed by atoms with Crippen molar-refractivity contribution >= 4 is 0 Å². The van der Waals surface area contributed by atoms with Gasteiger partial charge in [0.2, 0.25) is 11.8 Å². The van der Waals surface area contributed by atoms with E-state index in [1.165, 1.54) is 0 Å². The quantitative estimate of drug-likeness (QED) is 0.607. The first-order valence-electron chi connectivity index (χ1n) is 8.04. The highest BCUT2D eigenvalue weighted by molar-refractivity contribution is 5.53. The zero-order valence-electron chi connectivity index (χ0n) is 13.9. The van der Waals surface area contributed by atoms with E-state index in [1.807, 2.05) is 30.3 Å². The number of nitrogens with one attached hydrogen (secondary N) is 1. The van der Waals surface area contributed by atoms with E-state index in [-0.39, 0.29) is 0 Å². The Morgan fingerprint density at radius 1 is 1.20 bits per heavy atom. The summed E-state index contributed by atoms with van der Waals surface area (Å²) in [4.78, 5) is 3.99. The van der Waals surface area contributed by atoms with Crippen LogP contribution in [0, 0.1) is 6.92 Å². The standard InChI is InChI=1S/C18H20N4O3/c1-13-21-22-18(25-13)14-4-6-16(7-5-14)24-10-9-20-12-17(23)15-3-2-8-19-11-15/h2-8,11,17,20,23H,9-10,12H2,1H3/t17-/m0/s1. The van der Waals surface area contributed by atoms with Crippen molar-refractivity contribution in [2.75, 3.05) is 19.7 Å². The Bertz CT molecular complexity index is 775. The first-order chi connectivity index (χ1) is 12.2. The topological polar surface area (TPSA) is 93.3 Å². The van der Waals surface area contributed by atoms with Gasteiger partial charge < -0.3 is 19.6 Å². The molecule has 0 saturated carbocycles. The van der Waals surface area contributed by atoms with Crippen LogP contribution in [0.5, 0.6) is 5.75 Å². The van der Waals surface area contributed by atoms with Gasteiger partial charge in [-0.15, -0.1) is 10.2 Å². The number of rotatable bonds is 8. The number of aliphatic hydroxyl groups excluding tert-OH is 1. The van der Waals surface area contributed by atoms with E-state index in [9.17, 15) is 5.11 Å². The number of aliphatic hydroxyl groups is 1. The van der Waals surface area contributed by atoms with Crippen LogP contribution in [0.1, 0.15) is 17.6 Å². The molecule has 2 aromatic heterocycles.